The molecule has 1 aromatic carbocycles. The van der Waals surface area contributed by atoms with E-state index in [1.54, 1.807) is 19.4 Å². The maximum absolute atomic E-state index is 13.3. The van der Waals surface area contributed by atoms with Crippen LogP contribution in [0.25, 0.3) is 0 Å². The van der Waals surface area contributed by atoms with Gasteiger partial charge in [0.2, 0.25) is 0 Å². The Morgan fingerprint density at radius 1 is 1.15 bits per heavy atom. The highest BCUT2D eigenvalue weighted by Crippen LogP contribution is 2.29. The van der Waals surface area contributed by atoms with Crippen LogP contribution in [-0.2, 0) is 19.4 Å². The normalized spacial score (nSPS) is 15.7. The van der Waals surface area contributed by atoms with Gasteiger partial charge in [-0.25, -0.2) is 0 Å². The van der Waals surface area contributed by atoms with Crippen molar-refractivity contribution in [3.63, 3.8) is 0 Å². The molecule has 2 aromatic heterocycles. The number of aromatic nitrogens is 1. The first-order valence-corrected chi connectivity index (χ1v) is 12.2. The molecule has 3 aromatic rings. The fourth-order valence-corrected chi connectivity index (χ4v) is 4.89. The van der Waals surface area contributed by atoms with E-state index in [1.165, 1.54) is 5.56 Å². The van der Waals surface area contributed by atoms with Crippen LogP contribution in [0.3, 0.4) is 0 Å². The zero-order valence-electron chi connectivity index (χ0n) is 20.4. The second-order valence-electron chi connectivity index (χ2n) is 9.09. The molecule has 1 aliphatic rings. The molecule has 0 aliphatic carbocycles. The number of hydrogen-bond donors (Lipinski definition) is 0. The Labute approximate surface area is 202 Å². The third-order valence-electron chi connectivity index (χ3n) is 6.90. The molecule has 0 radical (unpaired) electrons. The highest BCUT2D eigenvalue weighted by molar-refractivity contribution is 5.92. The summed E-state index contributed by atoms with van der Waals surface area (Å²) in [5, 5.41) is 0. The van der Waals surface area contributed by atoms with Crippen molar-refractivity contribution in [3.8, 4) is 5.75 Å². The van der Waals surface area contributed by atoms with Crippen LogP contribution in [0.1, 0.15) is 47.3 Å². The first-order chi connectivity index (χ1) is 16.6. The van der Waals surface area contributed by atoms with Gasteiger partial charge in [-0.2, -0.15) is 0 Å². The summed E-state index contributed by atoms with van der Waals surface area (Å²) >= 11 is 0. The van der Waals surface area contributed by atoms with Crippen LogP contribution < -0.4 is 4.74 Å². The fourth-order valence-electron chi connectivity index (χ4n) is 4.89. The summed E-state index contributed by atoms with van der Waals surface area (Å²) in [7, 11) is 3.61. The van der Waals surface area contributed by atoms with Crippen molar-refractivity contribution in [3.05, 3.63) is 83.6 Å². The predicted octanol–water partition coefficient (Wildman–Crippen LogP) is 4.84. The molecule has 1 amide bonds. The van der Waals surface area contributed by atoms with Crippen molar-refractivity contribution in [1.29, 1.82) is 0 Å². The Hall–Kier alpha value is -3.12. The molecule has 6 nitrogen and oxygen atoms in total. The summed E-state index contributed by atoms with van der Waals surface area (Å²) in [6.07, 6.45) is 5.46. The van der Waals surface area contributed by atoms with Gasteiger partial charge in [-0.1, -0.05) is 25.1 Å². The average molecular weight is 462 g/mol. The minimum absolute atomic E-state index is 0.0291. The number of rotatable bonds is 9. The third-order valence-corrected chi connectivity index (χ3v) is 6.90. The van der Waals surface area contributed by atoms with Gasteiger partial charge in [0.25, 0.3) is 5.91 Å². The minimum atomic E-state index is -0.0291. The number of aryl methyl sites for hydroxylation is 1. The van der Waals surface area contributed by atoms with Crippen molar-refractivity contribution in [2.75, 3.05) is 27.2 Å². The van der Waals surface area contributed by atoms with Gasteiger partial charge in [0.05, 0.1) is 13.7 Å². The number of furan rings is 1. The van der Waals surface area contributed by atoms with E-state index in [1.807, 2.05) is 36.2 Å². The molecule has 6 heteroatoms. The largest absolute Gasteiger partial charge is 0.497 e. The zero-order valence-corrected chi connectivity index (χ0v) is 20.4. The van der Waals surface area contributed by atoms with Crippen molar-refractivity contribution >= 4 is 5.91 Å². The van der Waals surface area contributed by atoms with Crippen molar-refractivity contribution < 1.29 is 13.9 Å². The molecule has 180 valence electrons. The van der Waals surface area contributed by atoms with Crippen LogP contribution in [0.15, 0.2) is 65.2 Å². The molecular formula is C28H35N3O3. The van der Waals surface area contributed by atoms with Crippen LogP contribution in [0.5, 0.6) is 5.75 Å². The maximum atomic E-state index is 13.3. The quantitative estimate of drug-likeness (QED) is 0.456. The van der Waals surface area contributed by atoms with Gasteiger partial charge in [-0.3, -0.25) is 14.7 Å². The topological polar surface area (TPSA) is 58.8 Å². The van der Waals surface area contributed by atoms with Crippen LogP contribution in [0, 0.1) is 5.92 Å². The molecule has 0 saturated carbocycles. The number of carbonyl (C=O) groups is 1. The summed E-state index contributed by atoms with van der Waals surface area (Å²) in [6, 6.07) is 17.9. The molecule has 34 heavy (non-hydrogen) atoms. The Balaban J connectivity index is 1.47. The number of methoxy groups -OCH3 is 1. The lowest BCUT2D eigenvalue weighted by Gasteiger charge is -2.40. The van der Waals surface area contributed by atoms with E-state index in [9.17, 15) is 4.79 Å². The van der Waals surface area contributed by atoms with Gasteiger partial charge in [-0.15, -0.1) is 0 Å². The molecule has 1 aliphatic heterocycles. The standard InChI is InChI=1S/C28H35N3O3/c1-4-23-11-12-25(34-23)20-31-16-13-22(14-17-31)27(19-21-8-7-9-24(18-21)33-3)30(2)28(32)26-10-5-6-15-29-26/h5-12,15,18,22,27H,4,13-14,16-17,19-20H2,1-3H3/t27-/m1/s1. The Morgan fingerprint density at radius 2 is 1.94 bits per heavy atom. The Bertz CT molecular complexity index is 1060. The van der Waals surface area contributed by atoms with Crippen LogP contribution in [0.4, 0.5) is 0 Å². The van der Waals surface area contributed by atoms with E-state index in [2.05, 4.69) is 41.1 Å². The minimum Gasteiger partial charge on any atom is -0.497 e. The maximum Gasteiger partial charge on any atom is 0.272 e. The highest BCUT2D eigenvalue weighted by Gasteiger charge is 2.32. The number of amides is 1. The summed E-state index contributed by atoms with van der Waals surface area (Å²) in [5.74, 6) is 3.29. The summed E-state index contributed by atoms with van der Waals surface area (Å²) in [4.78, 5) is 22.0. The van der Waals surface area contributed by atoms with Gasteiger partial charge in [0.1, 0.15) is 23.0 Å². The van der Waals surface area contributed by atoms with Crippen LogP contribution in [0.2, 0.25) is 0 Å². The fraction of sp³-hybridized carbons (Fsp3) is 0.429. The molecular weight excluding hydrogens is 426 g/mol. The summed E-state index contributed by atoms with van der Waals surface area (Å²) in [6.45, 7) is 4.94. The SMILES string of the molecule is CCc1ccc(CN2CCC([C@@H](Cc3cccc(OC)c3)N(C)C(=O)c3ccccn3)CC2)o1. The number of benzene rings is 1. The Kier molecular flexibility index (Phi) is 8.01. The van der Waals surface area contributed by atoms with Crippen molar-refractivity contribution in [1.82, 2.24) is 14.8 Å². The van der Waals surface area contributed by atoms with Gasteiger partial charge >= 0.3 is 0 Å². The van der Waals surface area contributed by atoms with Crippen molar-refractivity contribution in [2.24, 2.45) is 5.92 Å². The van der Waals surface area contributed by atoms with E-state index in [4.69, 9.17) is 9.15 Å². The molecule has 1 atom stereocenters. The van der Waals surface area contributed by atoms with Crippen LogP contribution >= 0.6 is 0 Å². The van der Waals surface area contributed by atoms with E-state index >= 15 is 0 Å². The van der Waals surface area contributed by atoms with Gasteiger partial charge in [-0.05, 0) is 80.2 Å². The number of likely N-dealkylation sites (N-methyl/N-ethyl adjacent to an activating group) is 1. The number of likely N-dealkylation sites (tertiary alicyclic amines) is 1. The van der Waals surface area contributed by atoms with Gasteiger partial charge in [0.15, 0.2) is 0 Å². The molecule has 0 unspecified atom stereocenters. The molecule has 0 N–H and O–H groups in total. The second-order valence-corrected chi connectivity index (χ2v) is 9.09. The lowest BCUT2D eigenvalue weighted by Crippen LogP contribution is -2.47. The number of piperidine rings is 1. The second kappa shape index (κ2) is 11.3. The van der Waals surface area contributed by atoms with Crippen molar-refractivity contribution in [2.45, 2.75) is 45.2 Å². The smallest absolute Gasteiger partial charge is 0.272 e. The summed E-state index contributed by atoms with van der Waals surface area (Å²) < 4.78 is 11.3. The van der Waals surface area contributed by atoms with E-state index in [0.717, 1.165) is 62.6 Å². The lowest BCUT2D eigenvalue weighted by molar-refractivity contribution is 0.0574. The zero-order chi connectivity index (χ0) is 23.9. The molecule has 4 rings (SSSR count). The first-order valence-electron chi connectivity index (χ1n) is 12.2. The average Bonchev–Trinajstić information content (AvgIpc) is 3.35. The molecule has 3 heterocycles. The molecule has 0 bridgehead atoms. The lowest BCUT2D eigenvalue weighted by atomic mass is 9.84. The molecule has 0 spiro atoms. The molecule has 1 saturated heterocycles. The highest BCUT2D eigenvalue weighted by atomic mass is 16.5. The summed E-state index contributed by atoms with van der Waals surface area (Å²) in [5.41, 5.74) is 1.66. The number of carbonyl (C=O) groups excluding carboxylic acids is 1. The van der Waals surface area contributed by atoms with Crippen LogP contribution in [-0.4, -0.2) is 54.0 Å². The number of pyridine rings is 1. The number of nitrogens with zero attached hydrogens (tertiary/aromatic N) is 3. The number of ether oxygens (including phenoxy) is 1. The van der Waals surface area contributed by atoms with Gasteiger partial charge < -0.3 is 14.1 Å². The van der Waals surface area contributed by atoms with Gasteiger partial charge in [0, 0.05) is 25.7 Å². The Morgan fingerprint density at radius 3 is 2.62 bits per heavy atom. The van der Waals surface area contributed by atoms with E-state index in [-0.39, 0.29) is 11.9 Å². The van der Waals surface area contributed by atoms with E-state index < -0.39 is 0 Å². The number of hydrogen-bond acceptors (Lipinski definition) is 5. The van der Waals surface area contributed by atoms with E-state index in [0.29, 0.717) is 11.6 Å². The third kappa shape index (κ3) is 5.86. The predicted molar refractivity (Wildman–Crippen MR) is 133 cm³/mol. The molecule has 1 fully saturated rings. The monoisotopic (exact) mass is 461 g/mol. The first kappa shape index (κ1) is 24.0.